The molecule has 2 amide bonds. The zero-order chi connectivity index (χ0) is 15.6. The highest BCUT2D eigenvalue weighted by atomic mass is 79.9. The van der Waals surface area contributed by atoms with Gasteiger partial charge >= 0.3 is 0 Å². The Hall–Kier alpha value is -1.20. The molecule has 1 heterocycles. The molecule has 5 rings (SSSR count). The standard InChI is InChI=1S/C16H13BrClNO3/c17-10-4-2-8(6-11(10)18)19-15(21)13-7-1-3-9(12(20)5-7)14(13)16(19)22/h2,4,6-7,9,13-14H,1,3,5H2/t7-,9+,13+,14-/m0/s1. The van der Waals surface area contributed by atoms with Crippen LogP contribution in [0, 0.1) is 23.7 Å². The van der Waals surface area contributed by atoms with Crippen LogP contribution >= 0.6 is 27.5 Å². The molecule has 22 heavy (non-hydrogen) atoms. The van der Waals surface area contributed by atoms with Gasteiger partial charge in [-0.2, -0.15) is 0 Å². The lowest BCUT2D eigenvalue weighted by atomic mass is 9.59. The Morgan fingerprint density at radius 2 is 1.82 bits per heavy atom. The predicted octanol–water partition coefficient (Wildman–Crippen LogP) is 3.21. The highest BCUT2D eigenvalue weighted by molar-refractivity contribution is 9.10. The average molecular weight is 383 g/mol. The Morgan fingerprint density at radius 3 is 2.50 bits per heavy atom. The van der Waals surface area contributed by atoms with Gasteiger partial charge in [-0.1, -0.05) is 11.6 Å². The van der Waals surface area contributed by atoms with Gasteiger partial charge in [-0.25, -0.2) is 4.90 Å². The van der Waals surface area contributed by atoms with E-state index in [0.29, 0.717) is 21.6 Å². The first kappa shape index (κ1) is 14.4. The van der Waals surface area contributed by atoms with E-state index in [1.807, 2.05) is 0 Å². The fourth-order valence-corrected chi connectivity index (χ4v) is 4.68. The zero-order valence-corrected chi connectivity index (χ0v) is 13.9. The second kappa shape index (κ2) is 4.90. The summed E-state index contributed by atoms with van der Waals surface area (Å²) in [6.07, 6.45) is 2.05. The number of rotatable bonds is 1. The van der Waals surface area contributed by atoms with E-state index in [0.717, 1.165) is 12.8 Å². The Bertz CT molecular complexity index is 719. The highest BCUT2D eigenvalue weighted by Crippen LogP contribution is 2.52. The van der Waals surface area contributed by atoms with Crippen molar-refractivity contribution in [3.63, 3.8) is 0 Å². The summed E-state index contributed by atoms with van der Waals surface area (Å²) in [5.74, 6) is -1.31. The van der Waals surface area contributed by atoms with Gasteiger partial charge < -0.3 is 0 Å². The van der Waals surface area contributed by atoms with E-state index >= 15 is 0 Å². The summed E-state index contributed by atoms with van der Waals surface area (Å²) in [5.41, 5.74) is 0.490. The first-order valence-corrected chi connectivity index (χ1v) is 8.51. The Morgan fingerprint density at radius 1 is 1.09 bits per heavy atom. The van der Waals surface area contributed by atoms with Gasteiger partial charge in [0.25, 0.3) is 0 Å². The van der Waals surface area contributed by atoms with E-state index in [4.69, 9.17) is 11.6 Å². The molecule has 4 fully saturated rings. The molecule has 0 radical (unpaired) electrons. The summed E-state index contributed by atoms with van der Waals surface area (Å²) in [6.45, 7) is 0. The molecule has 0 spiro atoms. The molecule has 4 nitrogen and oxygen atoms in total. The van der Waals surface area contributed by atoms with Crippen LogP contribution in [0.25, 0.3) is 0 Å². The van der Waals surface area contributed by atoms with Crippen molar-refractivity contribution in [2.24, 2.45) is 23.7 Å². The van der Waals surface area contributed by atoms with Crippen LogP contribution < -0.4 is 4.90 Å². The SMILES string of the molecule is O=C1C[C@@H]2CC[C@H]1[C@@H]1C(=O)N(c3ccc(Br)c(Cl)c3)C(=O)[C@H]21. The van der Waals surface area contributed by atoms with Crippen molar-refractivity contribution in [1.82, 2.24) is 0 Å². The third kappa shape index (κ3) is 1.85. The molecule has 6 heteroatoms. The maximum absolute atomic E-state index is 12.8. The number of hydrogen-bond acceptors (Lipinski definition) is 3. The molecule has 3 saturated carbocycles. The summed E-state index contributed by atoms with van der Waals surface area (Å²) < 4.78 is 0.713. The molecular formula is C16H13BrClNO3. The lowest BCUT2D eigenvalue weighted by Gasteiger charge is -2.41. The van der Waals surface area contributed by atoms with Crippen LogP contribution in [0.4, 0.5) is 5.69 Å². The number of Topliss-reactive ketones (excluding diaryl/α,β-unsaturated/α-hetero) is 1. The molecule has 2 bridgehead atoms. The molecule has 114 valence electrons. The number of amides is 2. The fraction of sp³-hybridized carbons (Fsp3) is 0.438. The Balaban J connectivity index is 1.77. The third-order valence-corrected chi connectivity index (χ3v) is 6.46. The van der Waals surface area contributed by atoms with Crippen LogP contribution in [0.2, 0.25) is 5.02 Å². The van der Waals surface area contributed by atoms with Crippen LogP contribution in [0.15, 0.2) is 22.7 Å². The number of fused-ring (bicyclic) bond motifs is 2. The number of benzene rings is 1. The number of carbonyl (C=O) groups excluding carboxylic acids is 3. The molecule has 0 unspecified atom stereocenters. The smallest absolute Gasteiger partial charge is 0.238 e. The number of carbonyl (C=O) groups is 3. The van der Waals surface area contributed by atoms with Crippen molar-refractivity contribution >= 4 is 50.8 Å². The third-order valence-electron chi connectivity index (χ3n) is 5.23. The minimum Gasteiger partial charge on any atom is -0.299 e. The van der Waals surface area contributed by atoms with Crippen molar-refractivity contribution in [2.45, 2.75) is 19.3 Å². The summed E-state index contributed by atoms with van der Waals surface area (Å²) in [6, 6.07) is 5.04. The van der Waals surface area contributed by atoms with Crippen molar-refractivity contribution < 1.29 is 14.4 Å². The predicted molar refractivity (Wildman–Crippen MR) is 84.5 cm³/mol. The Labute approximate surface area is 140 Å². The van der Waals surface area contributed by atoms with E-state index < -0.39 is 5.92 Å². The van der Waals surface area contributed by atoms with E-state index in [1.165, 1.54) is 4.90 Å². The van der Waals surface area contributed by atoms with Crippen molar-refractivity contribution in [2.75, 3.05) is 4.90 Å². The summed E-state index contributed by atoms with van der Waals surface area (Å²) in [7, 11) is 0. The molecule has 1 aromatic rings. The summed E-state index contributed by atoms with van der Waals surface area (Å²) in [5, 5.41) is 0.451. The molecule has 4 aliphatic rings. The lowest BCUT2D eigenvalue weighted by Crippen LogP contribution is -2.46. The van der Waals surface area contributed by atoms with Gasteiger partial charge in [-0.05, 0) is 52.9 Å². The first-order valence-electron chi connectivity index (χ1n) is 7.34. The van der Waals surface area contributed by atoms with Crippen molar-refractivity contribution in [1.29, 1.82) is 0 Å². The zero-order valence-electron chi connectivity index (χ0n) is 11.6. The molecule has 1 aliphatic heterocycles. The second-order valence-corrected chi connectivity index (χ2v) is 7.54. The van der Waals surface area contributed by atoms with Crippen LogP contribution in [0.5, 0.6) is 0 Å². The number of nitrogens with zero attached hydrogens (tertiary/aromatic N) is 1. The monoisotopic (exact) mass is 381 g/mol. The molecular weight excluding hydrogens is 370 g/mol. The summed E-state index contributed by atoms with van der Waals surface area (Å²) >= 11 is 9.38. The maximum Gasteiger partial charge on any atom is 0.238 e. The molecule has 0 aromatic heterocycles. The van der Waals surface area contributed by atoms with E-state index in [9.17, 15) is 14.4 Å². The number of anilines is 1. The van der Waals surface area contributed by atoms with E-state index in [-0.39, 0.29) is 35.4 Å². The van der Waals surface area contributed by atoms with Crippen LogP contribution in [-0.2, 0) is 14.4 Å². The minimum absolute atomic E-state index is 0.0230. The topological polar surface area (TPSA) is 54.5 Å². The van der Waals surface area contributed by atoms with Crippen molar-refractivity contribution in [3.8, 4) is 0 Å². The fourth-order valence-electron chi connectivity index (χ4n) is 4.26. The number of halogens is 2. The molecule has 1 saturated heterocycles. The number of imide groups is 1. The number of hydrogen-bond donors (Lipinski definition) is 0. The molecule has 1 aromatic carbocycles. The van der Waals surface area contributed by atoms with Crippen molar-refractivity contribution in [3.05, 3.63) is 27.7 Å². The summed E-state index contributed by atoms with van der Waals surface area (Å²) in [4.78, 5) is 38.9. The highest BCUT2D eigenvalue weighted by Gasteiger charge is 2.60. The van der Waals surface area contributed by atoms with Gasteiger partial charge in [0, 0.05) is 16.8 Å². The lowest BCUT2D eigenvalue weighted by molar-refractivity contribution is -0.143. The largest absolute Gasteiger partial charge is 0.299 e. The molecule has 0 N–H and O–H groups in total. The van der Waals surface area contributed by atoms with Crippen LogP contribution in [0.3, 0.4) is 0 Å². The minimum atomic E-state index is -0.463. The first-order chi connectivity index (χ1) is 10.5. The van der Waals surface area contributed by atoms with E-state index in [2.05, 4.69) is 15.9 Å². The van der Waals surface area contributed by atoms with Crippen LogP contribution in [0.1, 0.15) is 19.3 Å². The van der Waals surface area contributed by atoms with Gasteiger partial charge in [0.15, 0.2) is 0 Å². The molecule has 4 atom stereocenters. The normalized spacial score (nSPS) is 33.5. The van der Waals surface area contributed by atoms with Gasteiger partial charge in [0.1, 0.15) is 5.78 Å². The second-order valence-electron chi connectivity index (χ2n) is 6.28. The van der Waals surface area contributed by atoms with Gasteiger partial charge in [-0.3, -0.25) is 14.4 Å². The van der Waals surface area contributed by atoms with Gasteiger partial charge in [0.2, 0.25) is 11.8 Å². The number of ketones is 1. The quantitative estimate of drug-likeness (QED) is 0.701. The Kier molecular flexibility index (Phi) is 3.20. The van der Waals surface area contributed by atoms with Gasteiger partial charge in [0.05, 0.1) is 22.5 Å². The van der Waals surface area contributed by atoms with Crippen LogP contribution in [-0.4, -0.2) is 17.6 Å². The molecule has 3 aliphatic carbocycles. The van der Waals surface area contributed by atoms with Gasteiger partial charge in [-0.15, -0.1) is 0 Å². The van der Waals surface area contributed by atoms with E-state index in [1.54, 1.807) is 18.2 Å². The average Bonchev–Trinajstić information content (AvgIpc) is 2.76. The maximum atomic E-state index is 12.8.